The SMILES string of the molecule is CCCCOC(=O)CS(=O)C(C)C. The van der Waals surface area contributed by atoms with Gasteiger partial charge in [0.15, 0.2) is 0 Å². The van der Waals surface area contributed by atoms with Gasteiger partial charge in [-0.1, -0.05) is 27.2 Å². The number of ether oxygens (including phenoxy) is 1. The van der Waals surface area contributed by atoms with E-state index in [1.54, 1.807) is 0 Å². The van der Waals surface area contributed by atoms with E-state index < -0.39 is 10.8 Å². The Morgan fingerprint density at radius 1 is 1.46 bits per heavy atom. The second kappa shape index (κ2) is 7.06. The molecule has 0 saturated heterocycles. The monoisotopic (exact) mass is 206 g/mol. The highest BCUT2D eigenvalue weighted by atomic mass is 32.2. The highest BCUT2D eigenvalue weighted by Gasteiger charge is 2.11. The van der Waals surface area contributed by atoms with Crippen LogP contribution >= 0.6 is 0 Å². The van der Waals surface area contributed by atoms with Gasteiger partial charge in [-0.3, -0.25) is 9.00 Å². The van der Waals surface area contributed by atoms with Gasteiger partial charge in [0.2, 0.25) is 0 Å². The Labute approximate surface area is 82.3 Å². The second-order valence-electron chi connectivity index (χ2n) is 3.15. The molecule has 0 heterocycles. The van der Waals surface area contributed by atoms with E-state index in [2.05, 4.69) is 0 Å². The van der Waals surface area contributed by atoms with Crippen LogP contribution in [0.15, 0.2) is 0 Å². The fraction of sp³-hybridized carbons (Fsp3) is 0.889. The first-order valence-electron chi connectivity index (χ1n) is 4.60. The van der Waals surface area contributed by atoms with Crippen LogP contribution in [0.3, 0.4) is 0 Å². The number of hydrogen-bond acceptors (Lipinski definition) is 3. The van der Waals surface area contributed by atoms with Crippen molar-refractivity contribution < 1.29 is 13.7 Å². The van der Waals surface area contributed by atoms with Gasteiger partial charge in [0.1, 0.15) is 5.75 Å². The van der Waals surface area contributed by atoms with Crippen LogP contribution in [0, 0.1) is 0 Å². The lowest BCUT2D eigenvalue weighted by atomic mass is 10.4. The predicted molar refractivity (Wildman–Crippen MR) is 54.0 cm³/mol. The molecule has 0 N–H and O–H groups in total. The van der Waals surface area contributed by atoms with Gasteiger partial charge in [-0.25, -0.2) is 0 Å². The minimum atomic E-state index is -1.08. The van der Waals surface area contributed by atoms with Crippen LogP contribution in [0.4, 0.5) is 0 Å². The summed E-state index contributed by atoms with van der Waals surface area (Å²) in [6.45, 7) is 6.13. The number of rotatable bonds is 6. The molecule has 13 heavy (non-hydrogen) atoms. The zero-order valence-corrected chi connectivity index (χ0v) is 9.36. The Morgan fingerprint density at radius 3 is 2.54 bits per heavy atom. The maximum absolute atomic E-state index is 11.2. The van der Waals surface area contributed by atoms with Crippen molar-refractivity contribution in [2.75, 3.05) is 12.4 Å². The normalized spacial score (nSPS) is 12.9. The lowest BCUT2D eigenvalue weighted by Gasteiger charge is -2.05. The van der Waals surface area contributed by atoms with E-state index in [-0.39, 0.29) is 17.0 Å². The van der Waals surface area contributed by atoms with E-state index in [1.807, 2.05) is 20.8 Å². The van der Waals surface area contributed by atoms with Crippen molar-refractivity contribution in [3.05, 3.63) is 0 Å². The smallest absolute Gasteiger partial charge is 0.318 e. The summed E-state index contributed by atoms with van der Waals surface area (Å²) < 4.78 is 16.1. The van der Waals surface area contributed by atoms with Crippen molar-refractivity contribution in [3.8, 4) is 0 Å². The number of esters is 1. The van der Waals surface area contributed by atoms with Gasteiger partial charge in [-0.2, -0.15) is 0 Å². The molecule has 0 spiro atoms. The van der Waals surface area contributed by atoms with Crippen molar-refractivity contribution in [3.63, 3.8) is 0 Å². The van der Waals surface area contributed by atoms with Gasteiger partial charge in [-0.05, 0) is 6.42 Å². The average molecular weight is 206 g/mol. The molecule has 78 valence electrons. The van der Waals surface area contributed by atoms with Crippen LogP contribution < -0.4 is 0 Å². The van der Waals surface area contributed by atoms with E-state index in [9.17, 15) is 9.00 Å². The molecule has 0 bridgehead atoms. The highest BCUT2D eigenvalue weighted by molar-refractivity contribution is 7.86. The predicted octanol–water partition coefficient (Wildman–Crippen LogP) is 1.49. The van der Waals surface area contributed by atoms with E-state index in [0.29, 0.717) is 6.61 Å². The molecule has 0 aromatic heterocycles. The molecule has 0 rings (SSSR count). The Morgan fingerprint density at radius 2 is 2.08 bits per heavy atom. The summed E-state index contributed by atoms with van der Waals surface area (Å²) in [6, 6.07) is 0. The summed E-state index contributed by atoms with van der Waals surface area (Å²) in [7, 11) is -1.08. The molecule has 0 aromatic rings. The summed E-state index contributed by atoms with van der Waals surface area (Å²) in [4.78, 5) is 11.0. The topological polar surface area (TPSA) is 43.4 Å². The van der Waals surface area contributed by atoms with Crippen LogP contribution in [0.5, 0.6) is 0 Å². The summed E-state index contributed by atoms with van der Waals surface area (Å²) in [5.41, 5.74) is 0. The van der Waals surface area contributed by atoms with Crippen LogP contribution in [-0.2, 0) is 20.3 Å². The zero-order chi connectivity index (χ0) is 10.3. The first-order valence-corrected chi connectivity index (χ1v) is 5.99. The van der Waals surface area contributed by atoms with Crippen molar-refractivity contribution >= 4 is 16.8 Å². The fourth-order valence-corrected chi connectivity index (χ4v) is 1.30. The molecule has 4 heteroatoms. The van der Waals surface area contributed by atoms with Crippen LogP contribution in [-0.4, -0.2) is 27.8 Å². The second-order valence-corrected chi connectivity index (χ2v) is 5.14. The molecule has 0 fully saturated rings. The maximum Gasteiger partial charge on any atom is 0.318 e. The Bertz CT molecular complexity index is 178. The summed E-state index contributed by atoms with van der Waals surface area (Å²) >= 11 is 0. The standard InChI is InChI=1S/C9H18O3S/c1-4-5-6-12-9(10)7-13(11)8(2)3/h8H,4-7H2,1-3H3. The van der Waals surface area contributed by atoms with Crippen molar-refractivity contribution in [1.82, 2.24) is 0 Å². The fourth-order valence-electron chi connectivity index (χ4n) is 0.655. The van der Waals surface area contributed by atoms with Gasteiger partial charge in [0, 0.05) is 16.0 Å². The van der Waals surface area contributed by atoms with E-state index in [1.165, 1.54) is 0 Å². The van der Waals surface area contributed by atoms with Gasteiger partial charge in [0.05, 0.1) is 6.61 Å². The van der Waals surface area contributed by atoms with Gasteiger partial charge in [-0.15, -0.1) is 0 Å². The molecule has 0 amide bonds. The third-order valence-corrected chi connectivity index (χ3v) is 3.12. The van der Waals surface area contributed by atoms with E-state index in [4.69, 9.17) is 4.74 Å². The highest BCUT2D eigenvalue weighted by Crippen LogP contribution is 1.96. The first kappa shape index (κ1) is 12.6. The first-order chi connectivity index (χ1) is 6.07. The molecule has 0 aliphatic rings. The maximum atomic E-state index is 11.2. The van der Waals surface area contributed by atoms with Gasteiger partial charge >= 0.3 is 5.97 Å². The quantitative estimate of drug-likeness (QED) is 0.488. The molecule has 1 unspecified atom stereocenters. The van der Waals surface area contributed by atoms with Crippen molar-refractivity contribution in [1.29, 1.82) is 0 Å². The summed E-state index contributed by atoms with van der Waals surface area (Å²) in [5.74, 6) is -0.318. The van der Waals surface area contributed by atoms with Crippen LogP contribution in [0.1, 0.15) is 33.6 Å². The largest absolute Gasteiger partial charge is 0.465 e. The molecule has 0 saturated carbocycles. The third-order valence-electron chi connectivity index (χ3n) is 1.55. The number of unbranched alkanes of at least 4 members (excludes halogenated alkanes) is 1. The molecular weight excluding hydrogens is 188 g/mol. The summed E-state index contributed by atoms with van der Waals surface area (Å²) in [5, 5.41) is 0.0266. The molecular formula is C9H18O3S. The Balaban J connectivity index is 3.56. The summed E-state index contributed by atoms with van der Waals surface area (Å²) in [6.07, 6.45) is 1.88. The van der Waals surface area contributed by atoms with E-state index >= 15 is 0 Å². The molecule has 0 aliphatic heterocycles. The lowest BCUT2D eigenvalue weighted by Crippen LogP contribution is -2.19. The minimum Gasteiger partial charge on any atom is -0.465 e. The zero-order valence-electron chi connectivity index (χ0n) is 8.54. The Kier molecular flexibility index (Phi) is 6.86. The van der Waals surface area contributed by atoms with E-state index in [0.717, 1.165) is 12.8 Å². The number of carbonyl (C=O) groups excluding carboxylic acids is 1. The molecule has 1 atom stereocenters. The molecule has 0 radical (unpaired) electrons. The Hall–Kier alpha value is -0.380. The number of hydrogen-bond donors (Lipinski definition) is 0. The van der Waals surface area contributed by atoms with Crippen molar-refractivity contribution in [2.24, 2.45) is 0 Å². The molecule has 0 aliphatic carbocycles. The molecule has 3 nitrogen and oxygen atoms in total. The van der Waals surface area contributed by atoms with Crippen LogP contribution in [0.25, 0.3) is 0 Å². The average Bonchev–Trinajstić information content (AvgIpc) is 2.04. The lowest BCUT2D eigenvalue weighted by molar-refractivity contribution is -0.140. The number of carbonyl (C=O) groups is 1. The van der Waals surface area contributed by atoms with Crippen LogP contribution in [0.2, 0.25) is 0 Å². The van der Waals surface area contributed by atoms with Gasteiger partial charge < -0.3 is 4.74 Å². The van der Waals surface area contributed by atoms with Gasteiger partial charge in [0.25, 0.3) is 0 Å². The third kappa shape index (κ3) is 6.75. The minimum absolute atomic E-state index is 0.0266. The molecule has 0 aromatic carbocycles. The van der Waals surface area contributed by atoms with Crippen molar-refractivity contribution in [2.45, 2.75) is 38.9 Å².